The van der Waals surface area contributed by atoms with Gasteiger partial charge in [0.1, 0.15) is 0 Å². The molecule has 0 bridgehead atoms. The number of amides is 3. The van der Waals surface area contributed by atoms with E-state index in [1.165, 1.54) is 0 Å². The standard InChI is InChI=1S/C17H20N4O2/c18-10-12-3-1-5-15(9-12)20-17(23)21-8-2-4-13(11-21)16(22)19-14-6-7-14/h1,3,5,9,13-14H,2,4,6-8,11H2,(H,19,22)(H,20,23)/t13-/m1/s1. The molecular formula is C17H20N4O2. The lowest BCUT2D eigenvalue weighted by atomic mass is 9.97. The van der Waals surface area contributed by atoms with Crippen LogP contribution in [-0.4, -0.2) is 36.0 Å². The highest BCUT2D eigenvalue weighted by Gasteiger charge is 2.31. The van der Waals surface area contributed by atoms with Crippen molar-refractivity contribution in [3.63, 3.8) is 0 Å². The first-order valence-electron chi connectivity index (χ1n) is 8.02. The summed E-state index contributed by atoms with van der Waals surface area (Å²) in [7, 11) is 0. The van der Waals surface area contributed by atoms with Gasteiger partial charge in [-0.15, -0.1) is 0 Å². The van der Waals surface area contributed by atoms with E-state index in [2.05, 4.69) is 10.6 Å². The predicted molar refractivity (Wildman–Crippen MR) is 85.6 cm³/mol. The minimum Gasteiger partial charge on any atom is -0.353 e. The summed E-state index contributed by atoms with van der Waals surface area (Å²) in [6, 6.07) is 8.99. The quantitative estimate of drug-likeness (QED) is 0.896. The first-order valence-corrected chi connectivity index (χ1v) is 8.02. The Morgan fingerprint density at radius 2 is 2.09 bits per heavy atom. The van der Waals surface area contributed by atoms with Gasteiger partial charge in [0.25, 0.3) is 0 Å². The van der Waals surface area contributed by atoms with Crippen LogP contribution in [0.1, 0.15) is 31.2 Å². The van der Waals surface area contributed by atoms with Crippen LogP contribution in [0.4, 0.5) is 10.5 Å². The number of nitrogens with one attached hydrogen (secondary N) is 2. The number of hydrogen-bond acceptors (Lipinski definition) is 3. The number of rotatable bonds is 3. The fourth-order valence-electron chi connectivity index (χ4n) is 2.79. The lowest BCUT2D eigenvalue weighted by molar-refractivity contribution is -0.126. The second kappa shape index (κ2) is 6.69. The van der Waals surface area contributed by atoms with Gasteiger partial charge in [-0.3, -0.25) is 4.79 Å². The Morgan fingerprint density at radius 1 is 1.26 bits per heavy atom. The van der Waals surface area contributed by atoms with Gasteiger partial charge in [0.05, 0.1) is 17.6 Å². The van der Waals surface area contributed by atoms with Gasteiger partial charge in [-0.2, -0.15) is 5.26 Å². The molecule has 0 unspecified atom stereocenters. The van der Waals surface area contributed by atoms with Gasteiger partial charge in [-0.05, 0) is 43.9 Å². The normalized spacial score (nSPS) is 20.5. The third-order valence-electron chi connectivity index (χ3n) is 4.25. The van der Waals surface area contributed by atoms with E-state index in [1.807, 2.05) is 6.07 Å². The van der Waals surface area contributed by atoms with Gasteiger partial charge in [0.15, 0.2) is 0 Å². The summed E-state index contributed by atoms with van der Waals surface area (Å²) in [5.41, 5.74) is 1.10. The summed E-state index contributed by atoms with van der Waals surface area (Å²) < 4.78 is 0. The van der Waals surface area contributed by atoms with Gasteiger partial charge in [-0.25, -0.2) is 4.79 Å². The molecule has 1 aromatic rings. The molecule has 1 saturated heterocycles. The molecular weight excluding hydrogens is 292 g/mol. The molecule has 2 N–H and O–H groups in total. The molecule has 0 spiro atoms. The van der Waals surface area contributed by atoms with E-state index in [9.17, 15) is 9.59 Å². The summed E-state index contributed by atoms with van der Waals surface area (Å²) in [5.74, 6) is -0.0583. The Labute approximate surface area is 135 Å². The van der Waals surface area contributed by atoms with Crippen LogP contribution in [0.3, 0.4) is 0 Å². The summed E-state index contributed by atoms with van der Waals surface area (Å²) in [6.45, 7) is 1.10. The first kappa shape index (κ1) is 15.3. The Morgan fingerprint density at radius 3 is 2.83 bits per heavy atom. The van der Waals surface area contributed by atoms with Crippen LogP contribution in [0.2, 0.25) is 0 Å². The molecule has 0 aromatic heterocycles. The number of benzene rings is 1. The smallest absolute Gasteiger partial charge is 0.321 e. The van der Waals surface area contributed by atoms with E-state index in [0.29, 0.717) is 30.4 Å². The molecule has 1 aliphatic carbocycles. The molecule has 120 valence electrons. The molecule has 3 rings (SSSR count). The Kier molecular flexibility index (Phi) is 4.47. The van der Waals surface area contributed by atoms with E-state index in [-0.39, 0.29) is 17.9 Å². The number of carbonyl (C=O) groups is 2. The summed E-state index contributed by atoms with van der Waals surface area (Å²) in [6.07, 6.45) is 3.79. The maximum Gasteiger partial charge on any atom is 0.321 e. The SMILES string of the molecule is N#Cc1cccc(NC(=O)N2CCC[C@@H](C(=O)NC3CC3)C2)c1. The van der Waals surface area contributed by atoms with Crippen molar-refractivity contribution in [2.24, 2.45) is 5.92 Å². The molecule has 2 fully saturated rings. The molecule has 23 heavy (non-hydrogen) atoms. The number of anilines is 1. The lowest BCUT2D eigenvalue weighted by Gasteiger charge is -2.32. The van der Waals surface area contributed by atoms with Gasteiger partial charge in [0.2, 0.25) is 5.91 Å². The van der Waals surface area contributed by atoms with Crippen LogP contribution < -0.4 is 10.6 Å². The third kappa shape index (κ3) is 4.01. The number of nitrogens with zero attached hydrogens (tertiary/aromatic N) is 2. The summed E-state index contributed by atoms with van der Waals surface area (Å²) >= 11 is 0. The van der Waals surface area contributed by atoms with E-state index < -0.39 is 0 Å². The fraction of sp³-hybridized carbons (Fsp3) is 0.471. The van der Waals surface area contributed by atoms with Gasteiger partial charge in [-0.1, -0.05) is 6.07 Å². The number of piperidine rings is 1. The lowest BCUT2D eigenvalue weighted by Crippen LogP contribution is -2.47. The topological polar surface area (TPSA) is 85.2 Å². The molecule has 3 amide bonds. The molecule has 6 nitrogen and oxygen atoms in total. The maximum absolute atomic E-state index is 12.4. The third-order valence-corrected chi connectivity index (χ3v) is 4.25. The first-order chi connectivity index (χ1) is 11.2. The van der Waals surface area contributed by atoms with E-state index in [0.717, 1.165) is 25.7 Å². The number of nitriles is 1. The number of urea groups is 1. The van der Waals surface area contributed by atoms with Crippen molar-refractivity contribution in [1.29, 1.82) is 5.26 Å². The molecule has 1 atom stereocenters. The van der Waals surface area contributed by atoms with Crippen LogP contribution in [0.5, 0.6) is 0 Å². The van der Waals surface area contributed by atoms with Crippen molar-refractivity contribution >= 4 is 17.6 Å². The van der Waals surface area contributed by atoms with Crippen LogP contribution in [0.15, 0.2) is 24.3 Å². The van der Waals surface area contributed by atoms with Gasteiger partial charge in [0, 0.05) is 24.8 Å². The van der Waals surface area contributed by atoms with Crippen molar-refractivity contribution in [2.75, 3.05) is 18.4 Å². The zero-order valence-electron chi connectivity index (χ0n) is 12.9. The molecule has 0 radical (unpaired) electrons. The van der Waals surface area contributed by atoms with Crippen molar-refractivity contribution in [1.82, 2.24) is 10.2 Å². The average molecular weight is 312 g/mol. The minimum atomic E-state index is -0.219. The molecule has 1 aliphatic heterocycles. The monoisotopic (exact) mass is 312 g/mol. The highest BCUT2D eigenvalue weighted by molar-refractivity contribution is 5.90. The van der Waals surface area contributed by atoms with E-state index in [1.54, 1.807) is 29.2 Å². The second-order valence-electron chi connectivity index (χ2n) is 6.19. The Hall–Kier alpha value is -2.55. The Balaban J connectivity index is 1.57. The van der Waals surface area contributed by atoms with Crippen molar-refractivity contribution < 1.29 is 9.59 Å². The maximum atomic E-state index is 12.4. The van der Waals surface area contributed by atoms with Gasteiger partial charge >= 0.3 is 6.03 Å². The summed E-state index contributed by atoms with van der Waals surface area (Å²) in [5, 5.41) is 14.7. The van der Waals surface area contributed by atoms with Gasteiger partial charge < -0.3 is 15.5 Å². The van der Waals surface area contributed by atoms with Crippen molar-refractivity contribution in [3.8, 4) is 6.07 Å². The molecule has 2 aliphatic rings. The molecule has 1 saturated carbocycles. The number of hydrogen-bond donors (Lipinski definition) is 2. The highest BCUT2D eigenvalue weighted by atomic mass is 16.2. The fourth-order valence-corrected chi connectivity index (χ4v) is 2.79. The Bertz CT molecular complexity index is 648. The number of carbonyl (C=O) groups excluding carboxylic acids is 2. The van der Waals surface area contributed by atoms with Crippen molar-refractivity contribution in [2.45, 2.75) is 31.7 Å². The van der Waals surface area contributed by atoms with Crippen LogP contribution in [0.25, 0.3) is 0 Å². The zero-order valence-corrected chi connectivity index (χ0v) is 12.9. The zero-order chi connectivity index (χ0) is 16.2. The summed E-state index contributed by atoms with van der Waals surface area (Å²) in [4.78, 5) is 26.2. The number of likely N-dealkylation sites (tertiary alicyclic amines) is 1. The molecule has 1 heterocycles. The highest BCUT2D eigenvalue weighted by Crippen LogP contribution is 2.22. The van der Waals surface area contributed by atoms with Crippen molar-refractivity contribution in [3.05, 3.63) is 29.8 Å². The average Bonchev–Trinajstić information content (AvgIpc) is 3.39. The van der Waals surface area contributed by atoms with E-state index >= 15 is 0 Å². The van der Waals surface area contributed by atoms with Crippen LogP contribution in [-0.2, 0) is 4.79 Å². The second-order valence-corrected chi connectivity index (χ2v) is 6.19. The molecule has 6 heteroatoms. The minimum absolute atomic E-state index is 0.0662. The molecule has 1 aromatic carbocycles. The largest absolute Gasteiger partial charge is 0.353 e. The predicted octanol–water partition coefficient (Wildman–Crippen LogP) is 2.08. The van der Waals surface area contributed by atoms with E-state index in [4.69, 9.17) is 5.26 Å². The van der Waals surface area contributed by atoms with Crippen LogP contribution >= 0.6 is 0 Å². The van der Waals surface area contributed by atoms with Crippen LogP contribution in [0, 0.1) is 17.2 Å².